The van der Waals surface area contributed by atoms with Crippen LogP contribution in [0, 0.1) is 0 Å². The van der Waals surface area contributed by atoms with E-state index in [-0.39, 0.29) is 5.57 Å². The molecule has 1 fully saturated rings. The molecule has 186 valence electrons. The Labute approximate surface area is 206 Å². The molecule has 2 aromatic carbocycles. The summed E-state index contributed by atoms with van der Waals surface area (Å²) in [6, 6.07) is 11.8. The first-order valence-electron chi connectivity index (χ1n) is 12.1. The molecular weight excluding hydrogens is 446 g/mol. The largest absolute Gasteiger partial charge is 0.872 e. The van der Waals surface area contributed by atoms with Crippen molar-refractivity contribution >= 4 is 23.1 Å². The number of ether oxygens (including phenoxy) is 2. The molecule has 0 aliphatic carbocycles. The number of hydrogen-bond donors (Lipinski definition) is 1. The highest BCUT2D eigenvalue weighted by Gasteiger charge is 2.44. The third-order valence-corrected chi connectivity index (χ3v) is 6.77. The molecule has 0 bridgehead atoms. The van der Waals surface area contributed by atoms with Crippen LogP contribution in [0.2, 0.25) is 0 Å². The van der Waals surface area contributed by atoms with Gasteiger partial charge in [0.25, 0.3) is 5.91 Å². The number of likely N-dealkylation sites (N-methyl/N-ethyl adjacent to an activating group) is 1. The number of nitrogens with zero attached hydrogens (tertiary/aromatic N) is 2. The molecule has 35 heavy (non-hydrogen) atoms. The van der Waals surface area contributed by atoms with Crippen LogP contribution in [0.5, 0.6) is 11.5 Å². The van der Waals surface area contributed by atoms with E-state index >= 15 is 0 Å². The fourth-order valence-corrected chi connectivity index (χ4v) is 4.62. The van der Waals surface area contributed by atoms with Gasteiger partial charge in [0, 0.05) is 25.4 Å². The summed E-state index contributed by atoms with van der Waals surface area (Å²) < 4.78 is 11.2. The lowest BCUT2D eigenvalue weighted by atomic mass is 9.95. The maximum Gasteiger partial charge on any atom is 0.295 e. The van der Waals surface area contributed by atoms with Gasteiger partial charge in [-0.05, 0) is 49.2 Å². The minimum atomic E-state index is -0.735. The summed E-state index contributed by atoms with van der Waals surface area (Å²) in [4.78, 5) is 31.3. The van der Waals surface area contributed by atoms with Crippen LogP contribution in [0.15, 0.2) is 48.0 Å². The number of Topliss-reactive ketones (excluding diaryl/α,β-unsaturated/α-hetero) is 1. The van der Waals surface area contributed by atoms with E-state index in [4.69, 9.17) is 9.47 Å². The zero-order valence-corrected chi connectivity index (χ0v) is 20.8. The molecule has 0 spiro atoms. The first-order chi connectivity index (χ1) is 16.8. The van der Waals surface area contributed by atoms with Crippen molar-refractivity contribution in [2.24, 2.45) is 0 Å². The summed E-state index contributed by atoms with van der Waals surface area (Å²) >= 11 is 0. The van der Waals surface area contributed by atoms with Crippen LogP contribution in [0.4, 0.5) is 5.69 Å². The third kappa shape index (κ3) is 4.84. The van der Waals surface area contributed by atoms with E-state index in [0.717, 1.165) is 24.3 Å². The Hall–Kier alpha value is -3.52. The number of anilines is 1. The van der Waals surface area contributed by atoms with Crippen molar-refractivity contribution in [3.05, 3.63) is 59.2 Å². The second-order valence-corrected chi connectivity index (χ2v) is 9.02. The molecule has 2 aliphatic rings. The number of ketones is 1. The summed E-state index contributed by atoms with van der Waals surface area (Å²) in [5.74, 6) is -0.792. The van der Waals surface area contributed by atoms with E-state index in [2.05, 4.69) is 13.8 Å². The van der Waals surface area contributed by atoms with E-state index in [9.17, 15) is 14.7 Å². The van der Waals surface area contributed by atoms with Crippen molar-refractivity contribution in [1.82, 2.24) is 4.90 Å². The predicted molar refractivity (Wildman–Crippen MR) is 131 cm³/mol. The number of carbonyl (C=O) groups excluding carboxylic acids is 2. The molecule has 1 unspecified atom stereocenters. The first-order valence-corrected chi connectivity index (χ1v) is 12.1. The number of hydrogen-bond acceptors (Lipinski definition) is 6. The molecule has 2 aromatic rings. The maximum atomic E-state index is 13.7. The molecule has 8 heteroatoms. The number of fused-ring (bicyclic) bond motifs is 1. The van der Waals surface area contributed by atoms with Crippen LogP contribution in [-0.4, -0.2) is 70.1 Å². The highest BCUT2D eigenvalue weighted by molar-refractivity contribution is 6.46. The summed E-state index contributed by atoms with van der Waals surface area (Å²) in [5, 5.41) is 13.7. The van der Waals surface area contributed by atoms with Crippen LogP contribution < -0.4 is 24.4 Å². The van der Waals surface area contributed by atoms with E-state index in [1.165, 1.54) is 4.90 Å². The van der Waals surface area contributed by atoms with Gasteiger partial charge in [0.1, 0.15) is 13.2 Å². The fourth-order valence-electron chi connectivity index (χ4n) is 4.62. The van der Waals surface area contributed by atoms with Gasteiger partial charge in [-0.1, -0.05) is 24.0 Å². The van der Waals surface area contributed by atoms with Crippen LogP contribution in [0.1, 0.15) is 31.0 Å². The van der Waals surface area contributed by atoms with Crippen molar-refractivity contribution in [3.8, 4) is 11.5 Å². The fraction of sp³-hybridized carbons (Fsp3) is 0.407. The van der Waals surface area contributed by atoms with Crippen molar-refractivity contribution in [2.45, 2.75) is 19.9 Å². The Bertz CT molecular complexity index is 1120. The molecule has 0 radical (unpaired) electrons. The molecule has 0 saturated carbocycles. The molecular formula is C27H33N3O5. The topological polar surface area (TPSA) is 86.6 Å². The number of nitrogens with one attached hydrogen (secondary N) is 1. The van der Waals surface area contributed by atoms with E-state index < -0.39 is 23.5 Å². The highest BCUT2D eigenvalue weighted by atomic mass is 16.6. The average Bonchev–Trinajstić information content (AvgIpc) is 3.13. The lowest BCUT2D eigenvalue weighted by Crippen LogP contribution is -3.12. The van der Waals surface area contributed by atoms with E-state index in [1.54, 1.807) is 23.1 Å². The Morgan fingerprint density at radius 3 is 2.31 bits per heavy atom. The first kappa shape index (κ1) is 24.6. The summed E-state index contributed by atoms with van der Waals surface area (Å²) in [5.41, 5.74) is 2.02. The van der Waals surface area contributed by atoms with Gasteiger partial charge in [0.2, 0.25) is 5.78 Å². The van der Waals surface area contributed by atoms with E-state index in [0.29, 0.717) is 43.4 Å². The number of carbonyl (C=O) groups is 2. The van der Waals surface area contributed by atoms with Gasteiger partial charge >= 0.3 is 0 Å². The zero-order chi connectivity index (χ0) is 25.1. The maximum absolute atomic E-state index is 13.7. The van der Waals surface area contributed by atoms with Gasteiger partial charge in [-0.2, -0.15) is 0 Å². The quantitative estimate of drug-likeness (QED) is 0.340. The molecule has 1 amide bonds. The smallest absolute Gasteiger partial charge is 0.295 e. The van der Waals surface area contributed by atoms with Gasteiger partial charge in [-0.25, -0.2) is 0 Å². The van der Waals surface area contributed by atoms with Crippen LogP contribution >= 0.6 is 0 Å². The van der Waals surface area contributed by atoms with Gasteiger partial charge in [-0.3, -0.25) is 9.59 Å². The minimum absolute atomic E-state index is 0.0150. The molecule has 1 atom stereocenters. The minimum Gasteiger partial charge on any atom is -0.872 e. The number of benzene rings is 2. The van der Waals surface area contributed by atoms with Gasteiger partial charge < -0.3 is 29.3 Å². The summed E-state index contributed by atoms with van der Waals surface area (Å²) in [7, 11) is 3.89. The van der Waals surface area contributed by atoms with Crippen molar-refractivity contribution in [1.29, 1.82) is 0 Å². The molecule has 2 heterocycles. The second-order valence-electron chi connectivity index (χ2n) is 9.02. The van der Waals surface area contributed by atoms with Crippen molar-refractivity contribution in [3.63, 3.8) is 0 Å². The normalized spacial score (nSPS) is 18.9. The van der Waals surface area contributed by atoms with Gasteiger partial charge in [0.15, 0.2) is 11.5 Å². The average molecular weight is 480 g/mol. The van der Waals surface area contributed by atoms with Gasteiger partial charge in [-0.15, -0.1) is 0 Å². The van der Waals surface area contributed by atoms with Crippen LogP contribution in [0.25, 0.3) is 5.76 Å². The summed E-state index contributed by atoms with van der Waals surface area (Å²) in [6.45, 7) is 7.94. The Morgan fingerprint density at radius 2 is 1.69 bits per heavy atom. The molecule has 8 nitrogen and oxygen atoms in total. The lowest BCUT2D eigenvalue weighted by Gasteiger charge is -2.29. The van der Waals surface area contributed by atoms with Crippen molar-refractivity contribution < 1.29 is 29.1 Å². The lowest BCUT2D eigenvalue weighted by molar-refractivity contribution is -0.895. The number of quaternary nitrogens is 1. The Balaban J connectivity index is 1.78. The molecule has 2 aliphatic heterocycles. The molecule has 4 rings (SSSR count). The molecule has 1 N–H and O–H groups in total. The number of rotatable bonds is 8. The molecule has 1 saturated heterocycles. The molecule has 0 aromatic heterocycles. The zero-order valence-electron chi connectivity index (χ0n) is 20.8. The number of amides is 1. The standard InChI is InChI=1S/C27H33N3O5/c1-5-29(6-2)13-14-30-24(18-7-10-20(11-8-18)28(3)4)23(26(32)27(30)33)25(31)19-9-12-21-22(17-19)35-16-15-34-21/h7-12,17,24,31H,5-6,13-16H2,1-4H3. The second kappa shape index (κ2) is 10.4. The van der Waals surface area contributed by atoms with Gasteiger partial charge in [0.05, 0.1) is 32.2 Å². The number of likely N-dealkylation sites (tertiary alicyclic amines) is 1. The Morgan fingerprint density at radius 1 is 1.03 bits per heavy atom. The van der Waals surface area contributed by atoms with E-state index in [1.807, 2.05) is 43.3 Å². The highest BCUT2D eigenvalue weighted by Crippen LogP contribution is 2.40. The third-order valence-electron chi connectivity index (χ3n) is 6.77. The SMILES string of the molecule is CC[NH+](CC)CCN1C(=O)C(=O)C(=C([O-])c2ccc3c(c2)OCCO3)C1c1ccc(N(C)C)cc1. The van der Waals surface area contributed by atoms with Crippen LogP contribution in [0.3, 0.4) is 0 Å². The van der Waals surface area contributed by atoms with Crippen LogP contribution in [-0.2, 0) is 9.59 Å². The monoisotopic (exact) mass is 479 g/mol. The van der Waals surface area contributed by atoms with Crippen molar-refractivity contribution in [2.75, 3.05) is 58.4 Å². The summed E-state index contributed by atoms with van der Waals surface area (Å²) in [6.07, 6.45) is 0. The predicted octanol–water partition coefficient (Wildman–Crippen LogP) is 0.673. The Kier molecular flexibility index (Phi) is 7.31.